The molecule has 9 heteroatoms. The van der Waals surface area contributed by atoms with Crippen LogP contribution in [-0.4, -0.2) is 25.9 Å². The molecule has 2 N–H and O–H groups in total. The number of nitrogens with one attached hydrogen (secondary N) is 2. The predicted octanol–water partition coefficient (Wildman–Crippen LogP) is 4.11. The van der Waals surface area contributed by atoms with Crippen LogP contribution in [0.15, 0.2) is 18.2 Å². The van der Waals surface area contributed by atoms with Crippen molar-refractivity contribution in [2.45, 2.75) is 38.8 Å². The number of fused-ring (bicyclic) bond motifs is 1. The second-order valence-corrected chi connectivity index (χ2v) is 8.49. The fraction of sp³-hybridized carbons (Fsp3) is 0.438. The number of hydrogen-bond donors (Lipinski definition) is 2. The van der Waals surface area contributed by atoms with E-state index in [0.717, 1.165) is 34.2 Å². The van der Waals surface area contributed by atoms with Crippen LogP contribution in [0, 0.1) is 5.92 Å². The zero-order valence-electron chi connectivity index (χ0n) is 13.8. The molecule has 0 saturated carbocycles. The molecule has 0 bridgehead atoms. The highest BCUT2D eigenvalue weighted by Crippen LogP contribution is 2.34. The van der Waals surface area contributed by atoms with E-state index in [9.17, 15) is 0 Å². The van der Waals surface area contributed by atoms with E-state index in [1.807, 2.05) is 16.6 Å². The van der Waals surface area contributed by atoms with E-state index in [4.69, 9.17) is 23.2 Å². The number of hydrazine groups is 1. The molecular weight excluding hydrogens is 379 g/mol. The molecule has 1 aliphatic heterocycles. The highest BCUT2D eigenvalue weighted by molar-refractivity contribution is 7.19. The van der Waals surface area contributed by atoms with Gasteiger partial charge in [0.1, 0.15) is 5.01 Å². The van der Waals surface area contributed by atoms with Gasteiger partial charge in [0, 0.05) is 16.6 Å². The third-order valence-electron chi connectivity index (χ3n) is 4.23. The largest absolute Gasteiger partial charge is 0.254 e. The van der Waals surface area contributed by atoms with Gasteiger partial charge in [0.05, 0.1) is 11.1 Å². The molecule has 6 nitrogen and oxygen atoms in total. The Bertz CT molecular complexity index is 905. The van der Waals surface area contributed by atoms with Crippen molar-refractivity contribution in [2.75, 3.05) is 0 Å². The van der Waals surface area contributed by atoms with Gasteiger partial charge in [0.15, 0.2) is 5.82 Å². The molecule has 1 aromatic carbocycles. The van der Waals surface area contributed by atoms with Crippen molar-refractivity contribution in [1.29, 1.82) is 0 Å². The van der Waals surface area contributed by atoms with Gasteiger partial charge in [-0.1, -0.05) is 48.4 Å². The highest BCUT2D eigenvalue weighted by atomic mass is 35.5. The van der Waals surface area contributed by atoms with Gasteiger partial charge in [0.25, 0.3) is 0 Å². The van der Waals surface area contributed by atoms with E-state index in [-0.39, 0.29) is 6.04 Å². The maximum atomic E-state index is 6.31. The molecule has 4 rings (SSSR count). The molecular formula is C16H18Cl2N6S. The van der Waals surface area contributed by atoms with E-state index in [2.05, 4.69) is 40.0 Å². The molecule has 2 atom stereocenters. The lowest BCUT2D eigenvalue weighted by Gasteiger charge is -2.11. The van der Waals surface area contributed by atoms with E-state index in [1.54, 1.807) is 6.07 Å². The number of benzene rings is 1. The first-order valence-electron chi connectivity index (χ1n) is 8.20. The Hall–Kier alpha value is -1.25. The average Bonchev–Trinajstić information content (AvgIpc) is 3.21. The summed E-state index contributed by atoms with van der Waals surface area (Å²) in [6, 6.07) is 5.94. The average molecular weight is 397 g/mol. The quantitative estimate of drug-likeness (QED) is 0.694. The van der Waals surface area contributed by atoms with Crippen LogP contribution in [0.4, 0.5) is 0 Å². The smallest absolute Gasteiger partial charge is 0.235 e. The van der Waals surface area contributed by atoms with Gasteiger partial charge in [0.2, 0.25) is 4.96 Å². The van der Waals surface area contributed by atoms with Crippen molar-refractivity contribution in [3.63, 3.8) is 0 Å². The van der Waals surface area contributed by atoms with Crippen molar-refractivity contribution in [3.8, 4) is 10.6 Å². The van der Waals surface area contributed by atoms with E-state index in [1.165, 1.54) is 11.3 Å². The molecule has 25 heavy (non-hydrogen) atoms. The fourth-order valence-corrected chi connectivity index (χ4v) is 4.58. The molecule has 3 aromatic rings. The summed E-state index contributed by atoms with van der Waals surface area (Å²) in [7, 11) is 0. The fourth-order valence-electron chi connectivity index (χ4n) is 3.14. The summed E-state index contributed by atoms with van der Waals surface area (Å²) in [4.78, 5) is 0.755. The first-order valence-corrected chi connectivity index (χ1v) is 9.77. The molecule has 0 amide bonds. The number of rotatable bonds is 4. The van der Waals surface area contributed by atoms with Gasteiger partial charge in [-0.05, 0) is 37.0 Å². The predicted molar refractivity (Wildman–Crippen MR) is 101 cm³/mol. The summed E-state index contributed by atoms with van der Waals surface area (Å²) < 4.78 is 1.81. The second-order valence-electron chi connectivity index (χ2n) is 6.69. The Morgan fingerprint density at radius 3 is 2.88 bits per heavy atom. The first-order chi connectivity index (χ1) is 12.0. The van der Waals surface area contributed by atoms with Gasteiger partial charge in [-0.15, -0.1) is 10.2 Å². The highest BCUT2D eigenvalue weighted by Gasteiger charge is 2.30. The number of halogens is 2. The topological polar surface area (TPSA) is 67.1 Å². The van der Waals surface area contributed by atoms with Crippen LogP contribution < -0.4 is 10.9 Å². The lowest BCUT2D eigenvalue weighted by atomic mass is 10.00. The van der Waals surface area contributed by atoms with Gasteiger partial charge < -0.3 is 0 Å². The van der Waals surface area contributed by atoms with E-state index >= 15 is 0 Å². The second kappa shape index (κ2) is 6.81. The summed E-state index contributed by atoms with van der Waals surface area (Å²) in [6.45, 7) is 4.46. The van der Waals surface area contributed by atoms with E-state index in [0.29, 0.717) is 22.0 Å². The lowest BCUT2D eigenvalue weighted by Crippen LogP contribution is -2.32. The molecule has 2 unspecified atom stereocenters. The maximum Gasteiger partial charge on any atom is 0.235 e. The Labute approximate surface area is 159 Å². The van der Waals surface area contributed by atoms with Crippen LogP contribution in [0.3, 0.4) is 0 Å². The minimum atomic E-state index is 0.0920. The summed E-state index contributed by atoms with van der Waals surface area (Å²) in [5, 5.41) is 15.3. The first kappa shape index (κ1) is 17.2. The van der Waals surface area contributed by atoms with E-state index < -0.39 is 0 Å². The third kappa shape index (κ3) is 3.39. The van der Waals surface area contributed by atoms with Crippen molar-refractivity contribution in [2.24, 2.45) is 5.92 Å². The third-order valence-corrected chi connectivity index (χ3v) is 5.71. The van der Waals surface area contributed by atoms with Crippen LogP contribution in [0.2, 0.25) is 10.0 Å². The van der Waals surface area contributed by atoms with Crippen LogP contribution in [0.25, 0.3) is 15.5 Å². The standard InChI is InChI=1S/C16H18Cl2N6S/c1-8(2)5-10-7-13(20-19-10)14-21-22-16-24(14)23-15(25-16)11-4-3-9(17)6-12(11)18/h3-4,6,8,10,13,19-20H,5,7H2,1-2H3. The molecule has 132 valence electrons. The number of aromatic nitrogens is 4. The SMILES string of the molecule is CC(C)CC1CC(c2nnc3sc(-c4ccc(Cl)cc4Cl)nn23)NN1. The summed E-state index contributed by atoms with van der Waals surface area (Å²) in [5.74, 6) is 1.47. The molecule has 1 aliphatic rings. The van der Waals surface area contributed by atoms with Crippen molar-refractivity contribution < 1.29 is 0 Å². The molecule has 0 radical (unpaired) electrons. The van der Waals surface area contributed by atoms with Gasteiger partial charge in [-0.2, -0.15) is 9.61 Å². The zero-order valence-corrected chi connectivity index (χ0v) is 16.2. The monoisotopic (exact) mass is 396 g/mol. The van der Waals surface area contributed by atoms with Crippen LogP contribution in [-0.2, 0) is 0 Å². The molecule has 2 aromatic heterocycles. The molecule has 0 aliphatic carbocycles. The van der Waals surface area contributed by atoms with Crippen molar-refractivity contribution >= 4 is 39.5 Å². The summed E-state index contributed by atoms with van der Waals surface area (Å²) in [6.07, 6.45) is 2.08. The lowest BCUT2D eigenvalue weighted by molar-refractivity contribution is 0.446. The molecule has 1 saturated heterocycles. The molecule has 0 spiro atoms. The minimum absolute atomic E-state index is 0.0920. The Balaban J connectivity index is 1.63. The van der Waals surface area contributed by atoms with Gasteiger partial charge in [-0.25, -0.2) is 5.43 Å². The summed E-state index contributed by atoms with van der Waals surface area (Å²) in [5.41, 5.74) is 7.53. The molecule has 3 heterocycles. The Kier molecular flexibility index (Phi) is 4.68. The van der Waals surface area contributed by atoms with Crippen LogP contribution >= 0.6 is 34.5 Å². The normalized spacial score (nSPS) is 20.8. The number of nitrogens with zero attached hydrogens (tertiary/aromatic N) is 4. The zero-order chi connectivity index (χ0) is 17.6. The Morgan fingerprint density at radius 2 is 2.12 bits per heavy atom. The van der Waals surface area contributed by atoms with Crippen LogP contribution in [0.5, 0.6) is 0 Å². The van der Waals surface area contributed by atoms with Crippen molar-refractivity contribution in [3.05, 3.63) is 34.1 Å². The Morgan fingerprint density at radius 1 is 1.28 bits per heavy atom. The number of hydrogen-bond acceptors (Lipinski definition) is 6. The van der Waals surface area contributed by atoms with Gasteiger partial charge in [-0.3, -0.25) is 5.43 Å². The minimum Gasteiger partial charge on any atom is -0.254 e. The van der Waals surface area contributed by atoms with Crippen molar-refractivity contribution in [1.82, 2.24) is 30.7 Å². The molecule has 1 fully saturated rings. The van der Waals surface area contributed by atoms with Crippen LogP contribution in [0.1, 0.15) is 38.6 Å². The summed E-state index contributed by atoms with van der Waals surface area (Å²) >= 11 is 13.8. The van der Waals surface area contributed by atoms with Gasteiger partial charge >= 0.3 is 0 Å². The maximum absolute atomic E-state index is 6.31.